The Morgan fingerprint density at radius 1 is 1.20 bits per heavy atom. The summed E-state index contributed by atoms with van der Waals surface area (Å²) in [6.45, 7) is 1.86. The molecule has 1 aromatic heterocycles. The van der Waals surface area contributed by atoms with Crippen molar-refractivity contribution < 1.29 is 4.79 Å². The van der Waals surface area contributed by atoms with Gasteiger partial charge >= 0.3 is 6.03 Å². The smallest absolute Gasteiger partial charge is 0.314 e. The summed E-state index contributed by atoms with van der Waals surface area (Å²) in [6, 6.07) is 12.4. The van der Waals surface area contributed by atoms with Crippen LogP contribution in [0, 0.1) is 6.92 Å². The third-order valence-corrected chi connectivity index (χ3v) is 2.86. The Hall–Kier alpha value is -2.33. The van der Waals surface area contributed by atoms with Gasteiger partial charge in [-0.2, -0.15) is 0 Å². The van der Waals surface area contributed by atoms with E-state index in [4.69, 9.17) is 11.6 Å². The topological polar surface area (TPSA) is 54.0 Å². The highest BCUT2D eigenvalue weighted by Gasteiger charge is 2.00. The fourth-order valence-corrected chi connectivity index (χ4v) is 1.78. The molecule has 5 heteroatoms. The van der Waals surface area contributed by atoms with E-state index < -0.39 is 0 Å². The van der Waals surface area contributed by atoms with Crippen molar-refractivity contribution in [2.24, 2.45) is 0 Å². The van der Waals surface area contributed by atoms with Gasteiger partial charge in [0.25, 0.3) is 0 Å². The Morgan fingerprint density at radius 3 is 2.75 bits per heavy atom. The molecule has 0 aliphatic carbocycles. The van der Waals surface area contributed by atoms with E-state index in [1.54, 1.807) is 18.2 Å². The largest absolute Gasteiger partial charge is 0.324 e. The number of nitrogens with one attached hydrogen (secondary N) is 2. The van der Waals surface area contributed by atoms with Gasteiger partial charge in [0.2, 0.25) is 0 Å². The lowest BCUT2D eigenvalue weighted by atomic mass is 10.2. The zero-order valence-corrected chi connectivity index (χ0v) is 11.7. The van der Waals surface area contributed by atoms with Crippen molar-refractivity contribution in [1.29, 1.82) is 0 Å². The summed E-state index contributed by atoms with van der Waals surface area (Å²) < 4.78 is 0. The minimum absolute atomic E-state index is 0.355. The molecule has 0 atom stereocenters. The molecular weight excluding hydrogens is 274 g/mol. The van der Waals surface area contributed by atoms with Gasteiger partial charge in [-0.3, -0.25) is 5.32 Å². The number of urea groups is 1. The molecule has 0 saturated heterocycles. The molecule has 1 aromatic carbocycles. The van der Waals surface area contributed by atoms with Crippen molar-refractivity contribution in [2.75, 3.05) is 5.32 Å². The molecule has 0 bridgehead atoms. The number of aromatic nitrogens is 1. The molecule has 2 amide bonds. The summed E-state index contributed by atoms with van der Waals surface area (Å²) in [5.74, 6) is 0.508. The Morgan fingerprint density at radius 2 is 2.00 bits per heavy atom. The summed E-state index contributed by atoms with van der Waals surface area (Å²) in [7, 11) is 0. The average molecular weight is 288 g/mol. The van der Waals surface area contributed by atoms with Crippen LogP contribution in [0.25, 0.3) is 6.08 Å². The van der Waals surface area contributed by atoms with Crippen molar-refractivity contribution in [1.82, 2.24) is 10.3 Å². The molecule has 0 fully saturated rings. The lowest BCUT2D eigenvalue weighted by Gasteiger charge is -2.04. The van der Waals surface area contributed by atoms with Crippen LogP contribution >= 0.6 is 11.6 Å². The summed E-state index contributed by atoms with van der Waals surface area (Å²) in [5.41, 5.74) is 1.68. The lowest BCUT2D eigenvalue weighted by molar-refractivity contribution is 0.255. The second-order valence-electron chi connectivity index (χ2n) is 4.12. The second-order valence-corrected chi connectivity index (χ2v) is 4.52. The van der Waals surface area contributed by atoms with E-state index in [1.807, 2.05) is 37.3 Å². The quantitative estimate of drug-likeness (QED) is 0.901. The minimum Gasteiger partial charge on any atom is -0.314 e. The van der Waals surface area contributed by atoms with Crippen LogP contribution in [0.5, 0.6) is 0 Å². The molecule has 2 rings (SSSR count). The molecule has 0 spiro atoms. The monoisotopic (exact) mass is 287 g/mol. The van der Waals surface area contributed by atoms with Crippen molar-refractivity contribution in [3.05, 3.63) is 64.9 Å². The third kappa shape index (κ3) is 4.10. The maximum absolute atomic E-state index is 11.7. The van der Waals surface area contributed by atoms with Gasteiger partial charge in [0.05, 0.1) is 0 Å². The SMILES string of the molecule is Cc1cccc(NC(=O)N/C=C/c2ccccc2Cl)n1. The van der Waals surface area contributed by atoms with E-state index in [2.05, 4.69) is 15.6 Å². The molecule has 20 heavy (non-hydrogen) atoms. The third-order valence-electron chi connectivity index (χ3n) is 2.51. The summed E-state index contributed by atoms with van der Waals surface area (Å²) in [5, 5.41) is 5.87. The van der Waals surface area contributed by atoms with Crippen molar-refractivity contribution in [3.63, 3.8) is 0 Å². The molecule has 102 valence electrons. The Labute approximate surface area is 122 Å². The average Bonchev–Trinajstić information content (AvgIpc) is 2.41. The van der Waals surface area contributed by atoms with Gasteiger partial charge in [-0.25, -0.2) is 9.78 Å². The number of pyridine rings is 1. The Kier molecular flexibility index (Phi) is 4.74. The summed E-state index contributed by atoms with van der Waals surface area (Å²) in [6.07, 6.45) is 3.26. The standard InChI is InChI=1S/C15H14ClN3O/c1-11-5-4-8-14(18-11)19-15(20)17-10-9-12-6-2-3-7-13(12)16/h2-10H,1H3,(H2,17,18,19,20)/b10-9+. The molecule has 2 N–H and O–H groups in total. The number of rotatable bonds is 3. The molecule has 0 aliphatic rings. The Balaban J connectivity index is 1.91. The van der Waals surface area contributed by atoms with E-state index in [1.165, 1.54) is 6.20 Å². The number of carbonyl (C=O) groups is 1. The van der Waals surface area contributed by atoms with Crippen molar-refractivity contribution in [3.8, 4) is 0 Å². The van der Waals surface area contributed by atoms with E-state index >= 15 is 0 Å². The first-order chi connectivity index (χ1) is 9.65. The molecule has 2 aromatic rings. The lowest BCUT2D eigenvalue weighted by Crippen LogP contribution is -2.24. The zero-order valence-electron chi connectivity index (χ0n) is 10.9. The van der Waals surface area contributed by atoms with Gasteiger partial charge in [0.1, 0.15) is 5.82 Å². The number of nitrogens with zero attached hydrogens (tertiary/aromatic N) is 1. The first-order valence-electron chi connectivity index (χ1n) is 6.07. The number of anilines is 1. The number of halogens is 1. The summed E-state index contributed by atoms with van der Waals surface area (Å²) in [4.78, 5) is 15.8. The molecule has 0 aliphatic heterocycles. The molecule has 4 nitrogen and oxygen atoms in total. The van der Waals surface area contributed by atoms with Gasteiger partial charge in [0.15, 0.2) is 0 Å². The van der Waals surface area contributed by atoms with E-state index in [-0.39, 0.29) is 6.03 Å². The van der Waals surface area contributed by atoms with Crippen molar-refractivity contribution >= 4 is 29.5 Å². The maximum atomic E-state index is 11.7. The van der Waals surface area contributed by atoms with E-state index in [0.29, 0.717) is 10.8 Å². The predicted octanol–water partition coefficient (Wildman–Crippen LogP) is 3.84. The summed E-state index contributed by atoms with van der Waals surface area (Å²) >= 11 is 6.00. The van der Waals surface area contributed by atoms with Crippen LogP contribution in [-0.2, 0) is 0 Å². The number of amides is 2. The predicted molar refractivity (Wildman–Crippen MR) is 81.6 cm³/mol. The zero-order chi connectivity index (χ0) is 14.4. The van der Waals surface area contributed by atoms with Crippen LogP contribution in [0.4, 0.5) is 10.6 Å². The fraction of sp³-hybridized carbons (Fsp3) is 0.0667. The first-order valence-corrected chi connectivity index (χ1v) is 6.45. The van der Waals surface area contributed by atoms with Crippen LogP contribution < -0.4 is 10.6 Å². The number of aryl methyl sites for hydroxylation is 1. The number of carbonyl (C=O) groups excluding carboxylic acids is 1. The number of benzene rings is 1. The highest BCUT2D eigenvalue weighted by Crippen LogP contribution is 2.15. The highest BCUT2D eigenvalue weighted by atomic mass is 35.5. The molecule has 0 saturated carbocycles. The van der Waals surface area contributed by atoms with Gasteiger partial charge < -0.3 is 5.32 Å². The Bertz CT molecular complexity index is 641. The van der Waals surface area contributed by atoms with Crippen LogP contribution in [0.15, 0.2) is 48.7 Å². The van der Waals surface area contributed by atoms with E-state index in [9.17, 15) is 4.79 Å². The fourth-order valence-electron chi connectivity index (χ4n) is 1.58. The molecular formula is C15H14ClN3O. The molecule has 0 unspecified atom stereocenters. The minimum atomic E-state index is -0.355. The van der Waals surface area contributed by atoms with Crippen LogP contribution in [0.3, 0.4) is 0 Å². The first kappa shape index (κ1) is 14.1. The number of hydrogen-bond donors (Lipinski definition) is 2. The van der Waals surface area contributed by atoms with E-state index in [0.717, 1.165) is 11.3 Å². The van der Waals surface area contributed by atoms with Crippen LogP contribution in [0.2, 0.25) is 5.02 Å². The maximum Gasteiger partial charge on any atom is 0.324 e. The van der Waals surface area contributed by atoms with Crippen LogP contribution in [0.1, 0.15) is 11.3 Å². The highest BCUT2D eigenvalue weighted by molar-refractivity contribution is 6.32. The second kappa shape index (κ2) is 6.73. The molecule has 0 radical (unpaired) electrons. The van der Waals surface area contributed by atoms with Gasteiger partial charge in [-0.15, -0.1) is 0 Å². The van der Waals surface area contributed by atoms with Gasteiger partial charge in [-0.05, 0) is 36.8 Å². The van der Waals surface area contributed by atoms with Gasteiger partial charge in [-0.1, -0.05) is 35.9 Å². The molecule has 1 heterocycles. The van der Waals surface area contributed by atoms with Gasteiger partial charge in [0, 0.05) is 16.9 Å². The van der Waals surface area contributed by atoms with Crippen LogP contribution in [-0.4, -0.2) is 11.0 Å². The normalized spacial score (nSPS) is 10.5. The number of hydrogen-bond acceptors (Lipinski definition) is 2. The van der Waals surface area contributed by atoms with Crippen molar-refractivity contribution in [2.45, 2.75) is 6.92 Å².